The molecule has 0 fully saturated rings. The van der Waals surface area contributed by atoms with Crippen LogP contribution >= 0.6 is 0 Å². The molecule has 39 heavy (non-hydrogen) atoms. The Hall–Kier alpha value is -4.45. The number of aromatic nitrogens is 2. The number of hydrogen-bond acceptors (Lipinski definition) is 8. The van der Waals surface area contributed by atoms with Crippen molar-refractivity contribution in [3.63, 3.8) is 0 Å². The van der Waals surface area contributed by atoms with E-state index in [1.54, 1.807) is 45.4 Å². The first-order valence-electron chi connectivity index (χ1n) is 12.0. The van der Waals surface area contributed by atoms with E-state index in [-0.39, 0.29) is 22.7 Å². The minimum absolute atomic E-state index is 0.0800. The van der Waals surface area contributed by atoms with Gasteiger partial charge in [-0.05, 0) is 48.9 Å². The van der Waals surface area contributed by atoms with Gasteiger partial charge in [-0.25, -0.2) is 22.8 Å². The van der Waals surface area contributed by atoms with Crippen molar-refractivity contribution in [1.82, 2.24) is 9.97 Å². The Labute approximate surface area is 225 Å². The molecule has 1 heterocycles. The van der Waals surface area contributed by atoms with Crippen LogP contribution in [-0.4, -0.2) is 44.3 Å². The number of ether oxygens (including phenoxy) is 2. The molecule has 0 saturated heterocycles. The first-order valence-corrected chi connectivity index (χ1v) is 13.7. The van der Waals surface area contributed by atoms with E-state index in [1.165, 1.54) is 18.5 Å². The lowest BCUT2D eigenvalue weighted by molar-refractivity contribution is 0.102. The van der Waals surface area contributed by atoms with Gasteiger partial charge in [-0.2, -0.15) is 0 Å². The molecule has 0 atom stereocenters. The Morgan fingerprint density at radius 3 is 2.59 bits per heavy atom. The summed E-state index contributed by atoms with van der Waals surface area (Å²) in [6.07, 6.45) is 1.75. The number of rotatable bonds is 11. The molecule has 12 heteroatoms. The molecule has 1 aromatic heterocycles. The summed E-state index contributed by atoms with van der Waals surface area (Å²) in [6, 6.07) is 14.1. The van der Waals surface area contributed by atoms with Crippen molar-refractivity contribution in [2.45, 2.75) is 19.9 Å². The van der Waals surface area contributed by atoms with Crippen molar-refractivity contribution in [2.24, 2.45) is 0 Å². The van der Waals surface area contributed by atoms with Gasteiger partial charge in [-0.1, -0.05) is 13.0 Å². The number of para-hydroxylation sites is 1. The third kappa shape index (κ3) is 6.52. The lowest BCUT2D eigenvalue weighted by atomic mass is 10.1. The van der Waals surface area contributed by atoms with Crippen LogP contribution in [0, 0.1) is 5.82 Å². The number of halogens is 1. The minimum atomic E-state index is -3.59. The number of fused-ring (bicyclic) bond motifs is 1. The van der Waals surface area contributed by atoms with Crippen LogP contribution in [0.2, 0.25) is 0 Å². The molecule has 204 valence electrons. The smallest absolute Gasteiger partial charge is 0.257 e. The standard InChI is InChI=1S/C27H28FN5O5S/c1-4-12-39(35,36)33-18-9-11-22(28)23(13-18)32-27(34)21-7-5-6-20-25(21)30-16-31-26(20)29-15-17-8-10-19(37-2)14-24(17)38-3/h5-11,13-14,16,33H,4,12,15H2,1-3H3,(H,32,34)(H,29,30,31). The van der Waals surface area contributed by atoms with Crippen molar-refractivity contribution < 1.29 is 27.1 Å². The van der Waals surface area contributed by atoms with E-state index in [0.29, 0.717) is 41.2 Å². The normalized spacial score (nSPS) is 11.2. The first kappa shape index (κ1) is 27.6. The largest absolute Gasteiger partial charge is 0.497 e. The predicted octanol–water partition coefficient (Wildman–Crippen LogP) is 4.80. The van der Waals surface area contributed by atoms with Gasteiger partial charge in [0.05, 0.1) is 42.4 Å². The molecule has 1 amide bonds. The fourth-order valence-electron chi connectivity index (χ4n) is 3.96. The van der Waals surface area contributed by atoms with Crippen LogP contribution < -0.4 is 24.8 Å². The SMILES string of the molecule is CCCS(=O)(=O)Nc1ccc(F)c(NC(=O)c2cccc3c(NCc4ccc(OC)cc4OC)ncnc23)c1. The number of amides is 1. The second kappa shape index (κ2) is 11.9. The van der Waals surface area contributed by atoms with E-state index in [1.807, 2.05) is 12.1 Å². The molecule has 0 saturated carbocycles. The topological polar surface area (TPSA) is 132 Å². The lowest BCUT2D eigenvalue weighted by Crippen LogP contribution is -2.17. The Kier molecular flexibility index (Phi) is 8.45. The summed E-state index contributed by atoms with van der Waals surface area (Å²) < 4.78 is 51.8. The molecule has 0 radical (unpaired) electrons. The molecule has 0 aliphatic carbocycles. The monoisotopic (exact) mass is 553 g/mol. The quantitative estimate of drug-likeness (QED) is 0.241. The molecular formula is C27H28FN5O5S. The maximum absolute atomic E-state index is 14.5. The van der Waals surface area contributed by atoms with E-state index >= 15 is 0 Å². The molecule has 0 aliphatic heterocycles. The summed E-state index contributed by atoms with van der Waals surface area (Å²) in [5.74, 6) is 0.386. The van der Waals surface area contributed by atoms with Crippen molar-refractivity contribution >= 4 is 44.0 Å². The number of nitrogens with one attached hydrogen (secondary N) is 3. The van der Waals surface area contributed by atoms with Gasteiger partial charge >= 0.3 is 0 Å². The maximum Gasteiger partial charge on any atom is 0.257 e. The molecule has 0 spiro atoms. The van der Waals surface area contributed by atoms with E-state index in [2.05, 4.69) is 25.3 Å². The third-order valence-electron chi connectivity index (χ3n) is 5.81. The van der Waals surface area contributed by atoms with Crippen LogP contribution in [0.1, 0.15) is 29.3 Å². The van der Waals surface area contributed by atoms with Crippen LogP contribution in [0.5, 0.6) is 11.5 Å². The Morgan fingerprint density at radius 1 is 1.03 bits per heavy atom. The zero-order valence-corrected chi connectivity index (χ0v) is 22.4. The average molecular weight is 554 g/mol. The average Bonchev–Trinajstić information content (AvgIpc) is 2.92. The van der Waals surface area contributed by atoms with E-state index in [4.69, 9.17) is 9.47 Å². The van der Waals surface area contributed by atoms with E-state index in [0.717, 1.165) is 11.6 Å². The zero-order chi connectivity index (χ0) is 28.0. The van der Waals surface area contributed by atoms with Gasteiger partial charge in [0, 0.05) is 23.6 Å². The number of carbonyl (C=O) groups is 1. The van der Waals surface area contributed by atoms with Gasteiger partial charge in [0.1, 0.15) is 29.5 Å². The molecule has 4 rings (SSSR count). The molecule has 0 bridgehead atoms. The van der Waals surface area contributed by atoms with Crippen LogP contribution in [0.4, 0.5) is 21.6 Å². The molecule has 3 N–H and O–H groups in total. The van der Waals surface area contributed by atoms with Crippen molar-refractivity contribution in [3.05, 3.63) is 77.9 Å². The number of nitrogens with zero attached hydrogens (tertiary/aromatic N) is 2. The van der Waals surface area contributed by atoms with E-state index in [9.17, 15) is 17.6 Å². The fourth-order valence-corrected chi connectivity index (χ4v) is 5.09. The minimum Gasteiger partial charge on any atom is -0.497 e. The number of hydrogen-bond donors (Lipinski definition) is 3. The fraction of sp³-hybridized carbons (Fsp3) is 0.222. The number of anilines is 3. The molecule has 0 aliphatic rings. The van der Waals surface area contributed by atoms with Gasteiger partial charge in [0.2, 0.25) is 10.0 Å². The summed E-state index contributed by atoms with van der Waals surface area (Å²) in [5, 5.41) is 6.36. The summed E-state index contributed by atoms with van der Waals surface area (Å²) in [7, 11) is -0.437. The van der Waals surface area contributed by atoms with Crippen LogP contribution in [0.3, 0.4) is 0 Å². The van der Waals surface area contributed by atoms with E-state index < -0.39 is 21.7 Å². The highest BCUT2D eigenvalue weighted by Gasteiger charge is 2.17. The van der Waals surface area contributed by atoms with Gasteiger partial charge < -0.3 is 20.1 Å². The first-order chi connectivity index (χ1) is 18.7. The van der Waals surface area contributed by atoms with Crippen molar-refractivity contribution in [3.8, 4) is 11.5 Å². The number of carbonyl (C=O) groups excluding carboxylic acids is 1. The molecule has 10 nitrogen and oxygen atoms in total. The molecular weight excluding hydrogens is 525 g/mol. The Bertz CT molecular complexity index is 1610. The van der Waals surface area contributed by atoms with Gasteiger partial charge in [0.15, 0.2) is 0 Å². The molecule has 4 aromatic rings. The highest BCUT2D eigenvalue weighted by molar-refractivity contribution is 7.92. The van der Waals surface area contributed by atoms with Crippen molar-refractivity contribution in [1.29, 1.82) is 0 Å². The van der Waals surface area contributed by atoms with Crippen LogP contribution in [0.25, 0.3) is 10.9 Å². The highest BCUT2D eigenvalue weighted by atomic mass is 32.2. The summed E-state index contributed by atoms with van der Waals surface area (Å²) >= 11 is 0. The third-order valence-corrected chi connectivity index (χ3v) is 7.30. The van der Waals surface area contributed by atoms with Crippen LogP contribution in [-0.2, 0) is 16.6 Å². The lowest BCUT2D eigenvalue weighted by Gasteiger charge is -2.14. The second-order valence-electron chi connectivity index (χ2n) is 8.53. The maximum atomic E-state index is 14.5. The number of benzene rings is 3. The Morgan fingerprint density at radius 2 is 1.85 bits per heavy atom. The summed E-state index contributed by atoms with van der Waals surface area (Å²) in [4.78, 5) is 21.8. The van der Waals surface area contributed by atoms with Gasteiger partial charge in [-0.3, -0.25) is 9.52 Å². The number of methoxy groups -OCH3 is 2. The van der Waals surface area contributed by atoms with Gasteiger partial charge in [0.25, 0.3) is 5.91 Å². The zero-order valence-electron chi connectivity index (χ0n) is 21.6. The molecule has 3 aromatic carbocycles. The predicted molar refractivity (Wildman–Crippen MR) is 148 cm³/mol. The van der Waals surface area contributed by atoms with Gasteiger partial charge in [-0.15, -0.1) is 0 Å². The summed E-state index contributed by atoms with van der Waals surface area (Å²) in [5.41, 5.74) is 1.38. The van der Waals surface area contributed by atoms with Crippen molar-refractivity contribution in [2.75, 3.05) is 35.3 Å². The number of sulfonamides is 1. The highest BCUT2D eigenvalue weighted by Crippen LogP contribution is 2.28. The molecule has 0 unspecified atom stereocenters. The summed E-state index contributed by atoms with van der Waals surface area (Å²) in [6.45, 7) is 2.11. The second-order valence-corrected chi connectivity index (χ2v) is 10.4. The van der Waals surface area contributed by atoms with Crippen LogP contribution in [0.15, 0.2) is 60.9 Å². The Balaban J connectivity index is 1.58.